The zero-order valence-corrected chi connectivity index (χ0v) is 9.92. The maximum absolute atomic E-state index is 12.2. The molecule has 0 aromatic heterocycles. The monoisotopic (exact) mass is 214 g/mol. The van der Waals surface area contributed by atoms with Gasteiger partial charge in [0.2, 0.25) is 5.91 Å². The molecule has 0 spiro atoms. The summed E-state index contributed by atoms with van der Waals surface area (Å²) in [7, 11) is 0. The fourth-order valence-electron chi connectivity index (χ4n) is 2.17. The summed E-state index contributed by atoms with van der Waals surface area (Å²) >= 11 is 0. The lowest BCUT2D eigenvalue weighted by atomic mass is 10.0. The Balaban J connectivity index is 2.66. The summed E-state index contributed by atoms with van der Waals surface area (Å²) in [5.41, 5.74) is -0.521. The molecule has 2 N–H and O–H groups in total. The summed E-state index contributed by atoms with van der Waals surface area (Å²) in [5, 5.41) is 12.3. The van der Waals surface area contributed by atoms with Gasteiger partial charge in [0.1, 0.15) is 0 Å². The number of hydrogen-bond acceptors (Lipinski definition) is 3. The Hall–Kier alpha value is -0.610. The Labute approximate surface area is 91.6 Å². The molecule has 1 atom stereocenters. The van der Waals surface area contributed by atoms with Gasteiger partial charge in [-0.05, 0) is 33.2 Å². The van der Waals surface area contributed by atoms with Crippen LogP contribution in [0.4, 0.5) is 0 Å². The highest BCUT2D eigenvalue weighted by molar-refractivity contribution is 5.86. The van der Waals surface area contributed by atoms with Gasteiger partial charge in [-0.2, -0.15) is 0 Å². The van der Waals surface area contributed by atoms with Crippen LogP contribution in [0.1, 0.15) is 33.6 Å². The molecular formula is C11H22N2O2. The molecule has 4 heteroatoms. The van der Waals surface area contributed by atoms with Crippen LogP contribution in [0, 0.1) is 0 Å². The molecule has 0 saturated carbocycles. The number of likely N-dealkylation sites (N-methyl/N-ethyl adjacent to an activating group) is 1. The molecule has 1 aliphatic rings. The molecular weight excluding hydrogens is 192 g/mol. The van der Waals surface area contributed by atoms with Gasteiger partial charge in [-0.1, -0.05) is 6.92 Å². The van der Waals surface area contributed by atoms with Gasteiger partial charge in [-0.25, -0.2) is 0 Å². The van der Waals surface area contributed by atoms with E-state index in [1.807, 2.05) is 25.7 Å². The highest BCUT2D eigenvalue weighted by Crippen LogP contribution is 2.20. The molecule has 88 valence electrons. The van der Waals surface area contributed by atoms with Gasteiger partial charge in [0.05, 0.1) is 18.2 Å². The van der Waals surface area contributed by atoms with Gasteiger partial charge >= 0.3 is 0 Å². The molecule has 0 bridgehead atoms. The lowest BCUT2D eigenvalue weighted by molar-refractivity contribution is -0.138. The third kappa shape index (κ3) is 2.69. The van der Waals surface area contributed by atoms with E-state index in [-0.39, 0.29) is 18.6 Å². The van der Waals surface area contributed by atoms with Crippen molar-refractivity contribution in [1.29, 1.82) is 0 Å². The van der Waals surface area contributed by atoms with E-state index in [0.29, 0.717) is 0 Å². The van der Waals surface area contributed by atoms with Crippen LogP contribution in [0.15, 0.2) is 0 Å². The maximum Gasteiger partial charge on any atom is 0.242 e. The maximum atomic E-state index is 12.2. The van der Waals surface area contributed by atoms with Crippen LogP contribution in [0.5, 0.6) is 0 Å². The third-order valence-electron chi connectivity index (χ3n) is 3.00. The van der Waals surface area contributed by atoms with E-state index >= 15 is 0 Å². The number of nitrogens with one attached hydrogen (secondary N) is 1. The standard InChI is InChI=1S/C11H22N2O2/c1-4-12-11(2,3)10(15)13-7-5-6-9(13)8-14/h9,12,14H,4-8H2,1-3H3/t9-/m0/s1. The first kappa shape index (κ1) is 12.5. The highest BCUT2D eigenvalue weighted by atomic mass is 16.3. The van der Waals surface area contributed by atoms with Gasteiger partial charge < -0.3 is 15.3 Å². The zero-order chi connectivity index (χ0) is 11.5. The van der Waals surface area contributed by atoms with Crippen LogP contribution in [0.25, 0.3) is 0 Å². The van der Waals surface area contributed by atoms with Crippen molar-refractivity contribution in [3.63, 3.8) is 0 Å². The average molecular weight is 214 g/mol. The minimum atomic E-state index is -0.521. The Bertz CT molecular complexity index is 229. The molecule has 1 amide bonds. The summed E-state index contributed by atoms with van der Waals surface area (Å²) in [6, 6.07) is 0.0235. The predicted octanol–water partition coefficient (Wildman–Crippen LogP) is 0.358. The number of aliphatic hydroxyl groups is 1. The molecule has 0 aliphatic carbocycles. The molecule has 4 nitrogen and oxygen atoms in total. The minimum absolute atomic E-state index is 0.0235. The Morgan fingerprint density at radius 2 is 2.27 bits per heavy atom. The number of carbonyl (C=O) groups excluding carboxylic acids is 1. The number of carbonyl (C=O) groups is 1. The predicted molar refractivity (Wildman–Crippen MR) is 59.6 cm³/mol. The zero-order valence-electron chi connectivity index (χ0n) is 9.92. The van der Waals surface area contributed by atoms with Crippen LogP contribution in [0.2, 0.25) is 0 Å². The molecule has 0 aromatic rings. The lowest BCUT2D eigenvalue weighted by Gasteiger charge is -2.33. The van der Waals surface area contributed by atoms with Crippen molar-refractivity contribution in [2.45, 2.75) is 45.2 Å². The van der Waals surface area contributed by atoms with Crippen molar-refractivity contribution in [3.8, 4) is 0 Å². The minimum Gasteiger partial charge on any atom is -0.394 e. The first-order valence-corrected chi connectivity index (χ1v) is 5.70. The topological polar surface area (TPSA) is 52.6 Å². The van der Waals surface area contributed by atoms with E-state index in [4.69, 9.17) is 5.11 Å². The molecule has 15 heavy (non-hydrogen) atoms. The van der Waals surface area contributed by atoms with Gasteiger partial charge in [0, 0.05) is 6.54 Å². The summed E-state index contributed by atoms with van der Waals surface area (Å²) in [5.74, 6) is 0.0981. The smallest absolute Gasteiger partial charge is 0.242 e. The van der Waals surface area contributed by atoms with E-state index < -0.39 is 5.54 Å². The molecule has 1 saturated heterocycles. The van der Waals surface area contributed by atoms with Gasteiger partial charge in [-0.3, -0.25) is 4.79 Å². The van der Waals surface area contributed by atoms with E-state index in [0.717, 1.165) is 25.9 Å². The van der Waals surface area contributed by atoms with Crippen molar-refractivity contribution >= 4 is 5.91 Å². The molecule has 0 aromatic carbocycles. The highest BCUT2D eigenvalue weighted by Gasteiger charge is 2.36. The molecule has 1 rings (SSSR count). The van der Waals surface area contributed by atoms with E-state index in [9.17, 15) is 4.79 Å². The number of likely N-dealkylation sites (tertiary alicyclic amines) is 1. The number of nitrogens with zero attached hydrogens (tertiary/aromatic N) is 1. The fourth-order valence-corrected chi connectivity index (χ4v) is 2.17. The third-order valence-corrected chi connectivity index (χ3v) is 3.00. The fraction of sp³-hybridized carbons (Fsp3) is 0.909. The van der Waals surface area contributed by atoms with Gasteiger partial charge in [-0.15, -0.1) is 0 Å². The van der Waals surface area contributed by atoms with Crippen LogP contribution in [-0.4, -0.2) is 47.2 Å². The first-order chi connectivity index (χ1) is 7.03. The second kappa shape index (κ2) is 4.94. The van der Waals surface area contributed by atoms with Crippen LogP contribution >= 0.6 is 0 Å². The normalized spacial score (nSPS) is 22.1. The number of rotatable bonds is 4. The van der Waals surface area contributed by atoms with Crippen molar-refractivity contribution in [3.05, 3.63) is 0 Å². The largest absolute Gasteiger partial charge is 0.394 e. The quantitative estimate of drug-likeness (QED) is 0.710. The second-order valence-electron chi connectivity index (χ2n) is 4.63. The van der Waals surface area contributed by atoms with E-state index in [1.54, 1.807) is 0 Å². The van der Waals surface area contributed by atoms with Crippen LogP contribution < -0.4 is 5.32 Å². The van der Waals surface area contributed by atoms with Crippen molar-refractivity contribution in [2.24, 2.45) is 0 Å². The number of amides is 1. The molecule has 0 radical (unpaired) electrons. The Morgan fingerprint density at radius 1 is 1.60 bits per heavy atom. The number of hydrogen-bond donors (Lipinski definition) is 2. The summed E-state index contributed by atoms with van der Waals surface area (Å²) in [4.78, 5) is 14.0. The molecule has 0 unspecified atom stereocenters. The van der Waals surface area contributed by atoms with E-state index in [2.05, 4.69) is 5.32 Å². The van der Waals surface area contributed by atoms with Crippen LogP contribution in [-0.2, 0) is 4.79 Å². The van der Waals surface area contributed by atoms with Crippen LogP contribution in [0.3, 0.4) is 0 Å². The number of aliphatic hydroxyl groups excluding tert-OH is 1. The molecule has 1 fully saturated rings. The van der Waals surface area contributed by atoms with Gasteiger partial charge in [0.25, 0.3) is 0 Å². The van der Waals surface area contributed by atoms with Crippen molar-refractivity contribution in [2.75, 3.05) is 19.7 Å². The van der Waals surface area contributed by atoms with E-state index in [1.165, 1.54) is 0 Å². The summed E-state index contributed by atoms with van der Waals surface area (Å²) in [6.45, 7) is 7.41. The summed E-state index contributed by atoms with van der Waals surface area (Å²) < 4.78 is 0. The molecule has 1 aliphatic heterocycles. The Kier molecular flexibility index (Phi) is 4.11. The lowest BCUT2D eigenvalue weighted by Crippen LogP contribution is -2.55. The van der Waals surface area contributed by atoms with Crippen molar-refractivity contribution < 1.29 is 9.90 Å². The van der Waals surface area contributed by atoms with Gasteiger partial charge in [0.15, 0.2) is 0 Å². The first-order valence-electron chi connectivity index (χ1n) is 5.70. The average Bonchev–Trinajstić information content (AvgIpc) is 2.63. The molecule has 1 heterocycles. The van der Waals surface area contributed by atoms with Crippen molar-refractivity contribution in [1.82, 2.24) is 10.2 Å². The second-order valence-corrected chi connectivity index (χ2v) is 4.63. The SMILES string of the molecule is CCNC(C)(C)C(=O)N1CCC[C@H]1CO. The summed E-state index contributed by atoms with van der Waals surface area (Å²) in [6.07, 6.45) is 1.92. The Morgan fingerprint density at radius 3 is 2.80 bits per heavy atom.